The molecule has 2 saturated heterocycles. The van der Waals surface area contributed by atoms with Crippen LogP contribution in [0.3, 0.4) is 0 Å². The molecular formula is C21H22N6O3. The third-order valence-corrected chi connectivity index (χ3v) is 6.20. The van der Waals surface area contributed by atoms with E-state index in [1.54, 1.807) is 40.9 Å². The van der Waals surface area contributed by atoms with Crippen LogP contribution in [-0.2, 0) is 11.8 Å². The summed E-state index contributed by atoms with van der Waals surface area (Å²) in [4.78, 5) is 46.6. The molecule has 5 heterocycles. The summed E-state index contributed by atoms with van der Waals surface area (Å²) in [5, 5.41) is 7.82. The van der Waals surface area contributed by atoms with Crippen LogP contribution < -0.4 is 0 Å². The molecule has 0 saturated carbocycles. The summed E-state index contributed by atoms with van der Waals surface area (Å²) in [5.74, 6) is -1.08. The first-order chi connectivity index (χ1) is 14.3. The molecule has 30 heavy (non-hydrogen) atoms. The monoisotopic (exact) mass is 406 g/mol. The summed E-state index contributed by atoms with van der Waals surface area (Å²) in [6, 6.07) is 4.95. The van der Waals surface area contributed by atoms with Crippen molar-refractivity contribution in [3.05, 3.63) is 47.0 Å². The lowest BCUT2D eigenvalue weighted by Gasteiger charge is -2.34. The third kappa shape index (κ3) is 2.65. The first kappa shape index (κ1) is 18.5. The highest BCUT2D eigenvalue weighted by molar-refractivity contribution is 6.42. The van der Waals surface area contributed by atoms with Gasteiger partial charge in [-0.1, -0.05) is 0 Å². The first-order valence-corrected chi connectivity index (χ1v) is 9.95. The maximum Gasteiger partial charge on any atom is 0.296 e. The lowest BCUT2D eigenvalue weighted by atomic mass is 10.1. The molecule has 9 heteroatoms. The fraction of sp³-hybridized carbons (Fsp3) is 0.381. The second kappa shape index (κ2) is 6.51. The number of likely N-dealkylation sites (tertiary alicyclic amines) is 2. The van der Waals surface area contributed by atoms with Gasteiger partial charge in [-0.15, -0.1) is 0 Å². The van der Waals surface area contributed by atoms with E-state index in [0.717, 1.165) is 16.8 Å². The molecule has 2 aliphatic rings. The molecule has 0 radical (unpaired) electrons. The van der Waals surface area contributed by atoms with Gasteiger partial charge in [-0.2, -0.15) is 5.10 Å². The molecule has 0 spiro atoms. The highest BCUT2D eigenvalue weighted by Crippen LogP contribution is 2.33. The van der Waals surface area contributed by atoms with Crippen molar-refractivity contribution >= 4 is 28.6 Å². The van der Waals surface area contributed by atoms with Gasteiger partial charge in [0.1, 0.15) is 0 Å². The third-order valence-electron chi connectivity index (χ3n) is 6.20. The first-order valence-electron chi connectivity index (χ1n) is 9.95. The smallest absolute Gasteiger partial charge is 0.296 e. The maximum atomic E-state index is 13.4. The summed E-state index contributed by atoms with van der Waals surface area (Å²) in [6.45, 7) is 4.51. The number of nitrogens with one attached hydrogen (secondary N) is 1. The zero-order valence-corrected chi connectivity index (χ0v) is 17.0. The van der Waals surface area contributed by atoms with Gasteiger partial charge in [0.2, 0.25) is 0 Å². The van der Waals surface area contributed by atoms with E-state index in [4.69, 9.17) is 0 Å². The number of pyridine rings is 1. The van der Waals surface area contributed by atoms with E-state index in [2.05, 4.69) is 15.2 Å². The van der Waals surface area contributed by atoms with Crippen molar-refractivity contribution in [1.29, 1.82) is 0 Å². The number of fused-ring (bicyclic) bond motifs is 3. The molecule has 3 aromatic rings. The lowest BCUT2D eigenvalue weighted by Crippen LogP contribution is -2.52. The highest BCUT2D eigenvalue weighted by Gasteiger charge is 2.48. The summed E-state index contributed by atoms with van der Waals surface area (Å²) in [7, 11) is 1.74. The Morgan fingerprint density at radius 1 is 1.13 bits per heavy atom. The molecule has 5 rings (SSSR count). The minimum absolute atomic E-state index is 0.0802. The number of amides is 2. The van der Waals surface area contributed by atoms with Crippen molar-refractivity contribution in [3.8, 4) is 0 Å². The van der Waals surface area contributed by atoms with Crippen LogP contribution in [0.5, 0.6) is 0 Å². The Morgan fingerprint density at radius 3 is 2.53 bits per heavy atom. The number of carbonyl (C=O) groups is 3. The van der Waals surface area contributed by atoms with Gasteiger partial charge in [0, 0.05) is 37.7 Å². The largest absolute Gasteiger partial charge is 0.348 e. The van der Waals surface area contributed by atoms with Crippen LogP contribution in [0.4, 0.5) is 0 Å². The van der Waals surface area contributed by atoms with Crippen molar-refractivity contribution in [2.24, 2.45) is 7.05 Å². The molecule has 9 nitrogen and oxygen atoms in total. The van der Waals surface area contributed by atoms with E-state index in [1.165, 1.54) is 0 Å². The predicted molar refractivity (Wildman–Crippen MR) is 108 cm³/mol. The zero-order chi connectivity index (χ0) is 21.2. The van der Waals surface area contributed by atoms with E-state index >= 15 is 0 Å². The van der Waals surface area contributed by atoms with Gasteiger partial charge < -0.3 is 14.4 Å². The second-order valence-corrected chi connectivity index (χ2v) is 8.15. The SMILES string of the molecule is Cc1cc(C(=O)N2C[C@@H]3C[C@H]2CN3C(=O)C(=O)c2cccn2C)c2c(C)[nH]nc2n1. The van der Waals surface area contributed by atoms with Crippen LogP contribution in [0.15, 0.2) is 24.4 Å². The van der Waals surface area contributed by atoms with Crippen LogP contribution >= 0.6 is 0 Å². The standard InChI is InChI=1S/C21H22N6O3/c1-11-7-15(17-12(2)23-24-19(17)22-11)20(29)26-9-14-8-13(26)10-27(14)21(30)18(28)16-5-4-6-25(16)3/h4-7,13-14H,8-10H2,1-3H3,(H,22,23,24)/t13-,14-/m0/s1. The molecule has 154 valence electrons. The number of H-pyrrole nitrogens is 1. The number of aromatic nitrogens is 4. The summed E-state index contributed by atoms with van der Waals surface area (Å²) in [6.07, 6.45) is 2.43. The average Bonchev–Trinajstić information content (AvgIpc) is 3.50. The fourth-order valence-corrected chi connectivity index (χ4v) is 4.72. The number of nitrogens with zero attached hydrogens (tertiary/aromatic N) is 5. The van der Waals surface area contributed by atoms with E-state index in [1.807, 2.05) is 18.7 Å². The van der Waals surface area contributed by atoms with Crippen LogP contribution in [0, 0.1) is 13.8 Å². The Kier molecular flexibility index (Phi) is 4.02. The highest BCUT2D eigenvalue weighted by atomic mass is 16.2. The summed E-state index contributed by atoms with van der Waals surface area (Å²) in [5.41, 5.74) is 3.02. The van der Waals surface area contributed by atoms with Crippen molar-refractivity contribution in [1.82, 2.24) is 29.5 Å². The van der Waals surface area contributed by atoms with Gasteiger partial charge in [-0.25, -0.2) is 4.98 Å². The molecule has 0 aromatic carbocycles. The van der Waals surface area contributed by atoms with Crippen LogP contribution in [0.2, 0.25) is 0 Å². The predicted octanol–water partition coefficient (Wildman–Crippen LogP) is 1.22. The molecule has 0 unspecified atom stereocenters. The topological polar surface area (TPSA) is 104 Å². The minimum atomic E-state index is -0.506. The van der Waals surface area contributed by atoms with Crippen LogP contribution in [-0.4, -0.2) is 72.3 Å². The van der Waals surface area contributed by atoms with E-state index < -0.39 is 11.7 Å². The Bertz CT molecular complexity index is 1210. The molecule has 2 bridgehead atoms. The zero-order valence-electron chi connectivity index (χ0n) is 17.0. The molecule has 0 aliphatic carbocycles. The summed E-state index contributed by atoms with van der Waals surface area (Å²) >= 11 is 0. The number of aryl methyl sites for hydroxylation is 3. The fourth-order valence-electron chi connectivity index (χ4n) is 4.72. The minimum Gasteiger partial charge on any atom is -0.348 e. The van der Waals surface area contributed by atoms with Gasteiger partial charge in [-0.05, 0) is 38.5 Å². The van der Waals surface area contributed by atoms with Crippen molar-refractivity contribution in [2.45, 2.75) is 32.4 Å². The average molecular weight is 406 g/mol. The number of carbonyl (C=O) groups excluding carboxylic acids is 3. The number of hydrogen-bond acceptors (Lipinski definition) is 5. The van der Waals surface area contributed by atoms with Gasteiger partial charge in [-0.3, -0.25) is 19.5 Å². The maximum absolute atomic E-state index is 13.4. The molecule has 3 aromatic heterocycles. The van der Waals surface area contributed by atoms with Gasteiger partial charge >= 0.3 is 0 Å². The van der Waals surface area contributed by atoms with Gasteiger partial charge in [0.05, 0.1) is 28.7 Å². The molecule has 2 fully saturated rings. The molecular weight excluding hydrogens is 384 g/mol. The number of Topliss-reactive ketones (excluding diaryl/α,β-unsaturated/α-hetero) is 1. The molecule has 2 aliphatic heterocycles. The number of hydrogen-bond donors (Lipinski definition) is 1. The van der Waals surface area contributed by atoms with E-state index in [9.17, 15) is 14.4 Å². The number of rotatable bonds is 3. The Morgan fingerprint density at radius 2 is 1.87 bits per heavy atom. The van der Waals surface area contributed by atoms with Crippen molar-refractivity contribution in [2.75, 3.05) is 13.1 Å². The van der Waals surface area contributed by atoms with Crippen LogP contribution in [0.1, 0.15) is 38.7 Å². The molecule has 2 amide bonds. The van der Waals surface area contributed by atoms with E-state index in [0.29, 0.717) is 36.4 Å². The Hall–Kier alpha value is -3.49. The van der Waals surface area contributed by atoms with Crippen LogP contribution in [0.25, 0.3) is 11.0 Å². The normalized spacial score (nSPS) is 20.4. The number of aromatic amines is 1. The van der Waals surface area contributed by atoms with Gasteiger partial charge in [0.15, 0.2) is 5.65 Å². The van der Waals surface area contributed by atoms with E-state index in [-0.39, 0.29) is 18.0 Å². The quantitative estimate of drug-likeness (QED) is 0.520. The van der Waals surface area contributed by atoms with Crippen molar-refractivity contribution in [3.63, 3.8) is 0 Å². The number of ketones is 1. The number of piperazine rings is 1. The van der Waals surface area contributed by atoms with Gasteiger partial charge in [0.25, 0.3) is 17.6 Å². The summed E-state index contributed by atoms with van der Waals surface area (Å²) < 4.78 is 1.65. The van der Waals surface area contributed by atoms with Crippen molar-refractivity contribution < 1.29 is 14.4 Å². The Balaban J connectivity index is 1.37. The lowest BCUT2D eigenvalue weighted by molar-refractivity contribution is -0.128. The Labute approximate surface area is 172 Å². The second-order valence-electron chi connectivity index (χ2n) is 8.15. The molecule has 1 N–H and O–H groups in total. The molecule has 2 atom stereocenters.